The summed E-state index contributed by atoms with van der Waals surface area (Å²) in [4.78, 5) is 6.00. The Balaban J connectivity index is 0. The van der Waals surface area contributed by atoms with E-state index in [0.717, 1.165) is 13.1 Å². The highest BCUT2D eigenvalue weighted by Gasteiger charge is 1.93. The van der Waals surface area contributed by atoms with E-state index in [9.17, 15) is 0 Å². The zero-order chi connectivity index (χ0) is 13.1. The summed E-state index contributed by atoms with van der Waals surface area (Å²) in [5, 5.41) is 0. The normalized spacial score (nSPS) is 8.90. The fourth-order valence-electron chi connectivity index (χ4n) is 1.60. The van der Waals surface area contributed by atoms with Gasteiger partial charge in [0.2, 0.25) is 12.7 Å². The van der Waals surface area contributed by atoms with Crippen molar-refractivity contribution < 1.29 is 57.1 Å². The average Bonchev–Trinajstić information content (AvgIpc) is 3.07. The van der Waals surface area contributed by atoms with E-state index in [-0.39, 0.29) is 48.0 Å². The van der Waals surface area contributed by atoms with Gasteiger partial charge in [-0.3, -0.25) is 9.97 Å². The van der Waals surface area contributed by atoms with E-state index in [1.165, 1.54) is 25.7 Å². The van der Waals surface area contributed by atoms with Crippen molar-refractivity contribution in [2.75, 3.05) is 0 Å². The van der Waals surface area contributed by atoms with Crippen LogP contribution in [0, 0.1) is 0 Å². The van der Waals surface area contributed by atoms with Crippen LogP contribution in [0.5, 0.6) is 0 Å². The van der Waals surface area contributed by atoms with E-state index >= 15 is 0 Å². The first-order valence-corrected chi connectivity index (χ1v) is 6.90. The van der Waals surface area contributed by atoms with Crippen molar-refractivity contribution >= 4 is 0 Å². The monoisotopic (exact) mass is 504 g/mol. The maximum atomic E-state index is 3.00. The first kappa shape index (κ1) is 22.2. The largest absolute Gasteiger partial charge is 1.00 e. The zero-order valence-electron chi connectivity index (χ0n) is 12.4. The van der Waals surface area contributed by atoms with E-state index in [4.69, 9.17) is 0 Å². The van der Waals surface area contributed by atoms with Crippen molar-refractivity contribution in [1.29, 1.82) is 0 Å². The lowest BCUT2D eigenvalue weighted by molar-refractivity contribution is -0.696. The number of nitrogens with one attached hydrogen (secondary N) is 2. The summed E-state index contributed by atoms with van der Waals surface area (Å²) < 4.78 is 4.31. The molecular weight excluding hydrogens is 478 g/mol. The first-order valence-electron chi connectivity index (χ1n) is 6.90. The highest BCUT2D eigenvalue weighted by atomic mass is 127. The van der Waals surface area contributed by atoms with Crippen LogP contribution in [0.2, 0.25) is 0 Å². The number of hydrogen-bond donors (Lipinski definition) is 2. The SMILES string of the molecule is CCCC[n+]1cc[nH]c1.CCCC[n+]1cc[nH]c1.[I-].[I-]. The van der Waals surface area contributed by atoms with E-state index in [0.29, 0.717) is 0 Å². The third-order valence-electron chi connectivity index (χ3n) is 2.74. The number of imidazole rings is 2. The molecule has 2 N–H and O–H groups in total. The van der Waals surface area contributed by atoms with Gasteiger partial charge in [0.15, 0.2) is 0 Å². The second kappa shape index (κ2) is 15.3. The molecule has 2 aromatic rings. The first-order chi connectivity index (χ1) is 8.86. The number of rotatable bonds is 6. The molecular formula is C14H26I2N4. The third kappa shape index (κ3) is 10.6. The fourth-order valence-corrected chi connectivity index (χ4v) is 1.60. The lowest BCUT2D eigenvalue weighted by Crippen LogP contribution is -3.00. The second-order valence-corrected chi connectivity index (χ2v) is 4.41. The summed E-state index contributed by atoms with van der Waals surface area (Å²) >= 11 is 0. The van der Waals surface area contributed by atoms with Gasteiger partial charge in [0.25, 0.3) is 0 Å². The van der Waals surface area contributed by atoms with Crippen LogP contribution < -0.4 is 57.1 Å². The number of aromatic amines is 2. The van der Waals surface area contributed by atoms with Gasteiger partial charge in [-0.1, -0.05) is 26.7 Å². The van der Waals surface area contributed by atoms with Crippen molar-refractivity contribution in [3.63, 3.8) is 0 Å². The molecule has 6 heteroatoms. The molecule has 0 atom stereocenters. The quantitative estimate of drug-likeness (QED) is 0.300. The van der Waals surface area contributed by atoms with Gasteiger partial charge in [0.1, 0.15) is 24.8 Å². The molecule has 0 aliphatic carbocycles. The Morgan fingerprint density at radius 2 is 1.15 bits per heavy atom. The zero-order valence-corrected chi connectivity index (χ0v) is 16.7. The Hall–Kier alpha value is -0.120. The molecule has 20 heavy (non-hydrogen) atoms. The van der Waals surface area contributed by atoms with Gasteiger partial charge in [-0.05, 0) is 12.8 Å². The van der Waals surface area contributed by atoms with Crippen molar-refractivity contribution in [1.82, 2.24) is 9.97 Å². The van der Waals surface area contributed by atoms with E-state index in [1.807, 2.05) is 25.0 Å². The van der Waals surface area contributed by atoms with Crippen LogP contribution in [0.15, 0.2) is 37.4 Å². The summed E-state index contributed by atoms with van der Waals surface area (Å²) in [5.74, 6) is 0. The molecule has 0 aliphatic heterocycles. The Labute approximate surface area is 156 Å². The summed E-state index contributed by atoms with van der Waals surface area (Å²) in [6.07, 6.45) is 17.0. The molecule has 2 aromatic heterocycles. The van der Waals surface area contributed by atoms with Gasteiger partial charge in [0.05, 0.1) is 13.1 Å². The topological polar surface area (TPSA) is 39.3 Å². The predicted molar refractivity (Wildman–Crippen MR) is 71.8 cm³/mol. The maximum absolute atomic E-state index is 3.00. The van der Waals surface area contributed by atoms with Crippen LogP contribution in [-0.2, 0) is 13.1 Å². The van der Waals surface area contributed by atoms with Gasteiger partial charge in [0, 0.05) is 0 Å². The summed E-state index contributed by atoms with van der Waals surface area (Å²) in [6, 6.07) is 0. The van der Waals surface area contributed by atoms with E-state index < -0.39 is 0 Å². The van der Waals surface area contributed by atoms with Crippen LogP contribution >= 0.6 is 0 Å². The lowest BCUT2D eigenvalue weighted by atomic mass is 10.3. The standard InChI is InChI=1S/2C7H12N2.2HI/c2*1-2-3-5-9-6-4-8-7-9;;/h2*4,6-7H,2-3,5H2,1H3;2*1H. The number of aryl methyl sites for hydroxylation is 2. The fraction of sp³-hybridized carbons (Fsp3) is 0.571. The van der Waals surface area contributed by atoms with Gasteiger partial charge in [-0.15, -0.1) is 0 Å². The molecule has 0 fully saturated rings. The number of aromatic nitrogens is 4. The van der Waals surface area contributed by atoms with Crippen LogP contribution in [0.1, 0.15) is 39.5 Å². The maximum Gasteiger partial charge on any atom is 0.241 e. The Bertz CT molecular complexity index is 336. The van der Waals surface area contributed by atoms with Crippen LogP contribution in [0.3, 0.4) is 0 Å². The molecule has 0 amide bonds. The van der Waals surface area contributed by atoms with Crippen LogP contribution in [-0.4, -0.2) is 9.97 Å². The highest BCUT2D eigenvalue weighted by molar-refractivity contribution is 4.55. The molecule has 2 rings (SSSR count). The Morgan fingerprint density at radius 3 is 1.40 bits per heavy atom. The second-order valence-electron chi connectivity index (χ2n) is 4.41. The molecule has 116 valence electrons. The lowest BCUT2D eigenvalue weighted by Gasteiger charge is -1.89. The van der Waals surface area contributed by atoms with Crippen molar-refractivity contribution in [2.24, 2.45) is 0 Å². The van der Waals surface area contributed by atoms with E-state index in [1.54, 1.807) is 0 Å². The van der Waals surface area contributed by atoms with Gasteiger partial charge >= 0.3 is 0 Å². The Morgan fingerprint density at radius 1 is 0.750 bits per heavy atom. The van der Waals surface area contributed by atoms with Gasteiger partial charge in [-0.25, -0.2) is 9.13 Å². The molecule has 2 heterocycles. The molecule has 0 saturated heterocycles. The highest BCUT2D eigenvalue weighted by Crippen LogP contribution is 1.84. The van der Waals surface area contributed by atoms with Crippen LogP contribution in [0.4, 0.5) is 0 Å². The van der Waals surface area contributed by atoms with Crippen LogP contribution in [0.25, 0.3) is 0 Å². The third-order valence-corrected chi connectivity index (χ3v) is 2.74. The summed E-state index contributed by atoms with van der Waals surface area (Å²) in [5.41, 5.74) is 0. The number of halogens is 2. The van der Waals surface area contributed by atoms with Gasteiger partial charge in [-0.2, -0.15) is 0 Å². The predicted octanol–water partition coefficient (Wildman–Crippen LogP) is -3.79. The molecule has 0 saturated carbocycles. The minimum absolute atomic E-state index is 0. The number of hydrogen-bond acceptors (Lipinski definition) is 0. The minimum atomic E-state index is 0. The molecule has 0 unspecified atom stereocenters. The average molecular weight is 504 g/mol. The van der Waals surface area contributed by atoms with Crippen molar-refractivity contribution in [3.8, 4) is 0 Å². The molecule has 4 nitrogen and oxygen atoms in total. The number of nitrogens with zero attached hydrogens (tertiary/aromatic N) is 2. The van der Waals surface area contributed by atoms with E-state index in [2.05, 4.69) is 45.3 Å². The van der Waals surface area contributed by atoms with Gasteiger partial charge < -0.3 is 48.0 Å². The molecule has 0 aliphatic rings. The minimum Gasteiger partial charge on any atom is -1.00 e. The van der Waals surface area contributed by atoms with Crippen molar-refractivity contribution in [2.45, 2.75) is 52.6 Å². The molecule has 0 spiro atoms. The number of H-pyrrole nitrogens is 2. The summed E-state index contributed by atoms with van der Waals surface area (Å²) in [7, 11) is 0. The molecule has 0 bridgehead atoms. The smallest absolute Gasteiger partial charge is 0.241 e. The Kier molecular flexibility index (Phi) is 16.9. The summed E-state index contributed by atoms with van der Waals surface area (Å²) in [6.45, 7) is 6.68. The molecule has 0 aromatic carbocycles. The number of unbranched alkanes of at least 4 members (excludes halogenated alkanes) is 2. The molecule has 0 radical (unpaired) electrons. The van der Waals surface area contributed by atoms with Crippen molar-refractivity contribution in [3.05, 3.63) is 37.4 Å².